The standard InChI is InChI=1S/C14H17BrN2O/c15-10-6-7-12-11(8-10)17-14(18-12)13(16)9-4-2-1-3-5-9/h6-9,13H,1-5,16H2. The summed E-state index contributed by atoms with van der Waals surface area (Å²) in [6, 6.07) is 5.81. The summed E-state index contributed by atoms with van der Waals surface area (Å²) < 4.78 is 6.80. The minimum Gasteiger partial charge on any atom is -0.439 e. The first-order chi connectivity index (χ1) is 8.74. The summed E-state index contributed by atoms with van der Waals surface area (Å²) in [4.78, 5) is 4.53. The topological polar surface area (TPSA) is 52.0 Å². The second-order valence-corrected chi connectivity index (χ2v) is 6.00. The van der Waals surface area contributed by atoms with Gasteiger partial charge in [0.25, 0.3) is 0 Å². The van der Waals surface area contributed by atoms with E-state index in [1.165, 1.54) is 32.1 Å². The molecule has 4 heteroatoms. The number of oxazole rings is 1. The Kier molecular flexibility index (Phi) is 3.39. The summed E-state index contributed by atoms with van der Waals surface area (Å²) in [5.74, 6) is 1.21. The Morgan fingerprint density at radius 2 is 2.06 bits per heavy atom. The van der Waals surface area contributed by atoms with Gasteiger partial charge in [0.05, 0.1) is 6.04 Å². The average Bonchev–Trinajstić information content (AvgIpc) is 2.81. The zero-order valence-electron chi connectivity index (χ0n) is 10.2. The van der Waals surface area contributed by atoms with Gasteiger partial charge in [-0.3, -0.25) is 0 Å². The number of hydrogen-bond acceptors (Lipinski definition) is 3. The van der Waals surface area contributed by atoms with E-state index in [-0.39, 0.29) is 6.04 Å². The predicted molar refractivity (Wildman–Crippen MR) is 75.2 cm³/mol. The molecule has 1 fully saturated rings. The average molecular weight is 309 g/mol. The smallest absolute Gasteiger partial charge is 0.212 e. The molecule has 0 amide bonds. The normalized spacial score (nSPS) is 19.2. The van der Waals surface area contributed by atoms with Gasteiger partial charge in [-0.1, -0.05) is 35.2 Å². The fraction of sp³-hybridized carbons (Fsp3) is 0.500. The monoisotopic (exact) mass is 308 g/mol. The van der Waals surface area contributed by atoms with Crippen molar-refractivity contribution in [3.63, 3.8) is 0 Å². The van der Waals surface area contributed by atoms with E-state index in [4.69, 9.17) is 10.2 Å². The van der Waals surface area contributed by atoms with Gasteiger partial charge in [-0.25, -0.2) is 4.98 Å². The van der Waals surface area contributed by atoms with E-state index < -0.39 is 0 Å². The summed E-state index contributed by atoms with van der Waals surface area (Å²) in [6.45, 7) is 0. The maximum Gasteiger partial charge on any atom is 0.212 e. The maximum atomic E-state index is 6.30. The number of aromatic nitrogens is 1. The molecule has 0 bridgehead atoms. The van der Waals surface area contributed by atoms with Gasteiger partial charge in [-0.2, -0.15) is 0 Å². The Morgan fingerprint density at radius 1 is 1.28 bits per heavy atom. The highest BCUT2D eigenvalue weighted by molar-refractivity contribution is 9.10. The van der Waals surface area contributed by atoms with Gasteiger partial charge in [0.15, 0.2) is 5.58 Å². The van der Waals surface area contributed by atoms with Crippen molar-refractivity contribution in [2.45, 2.75) is 38.1 Å². The second-order valence-electron chi connectivity index (χ2n) is 5.09. The van der Waals surface area contributed by atoms with Crippen LogP contribution in [0.4, 0.5) is 0 Å². The lowest BCUT2D eigenvalue weighted by Crippen LogP contribution is -2.23. The lowest BCUT2D eigenvalue weighted by Gasteiger charge is -2.25. The SMILES string of the molecule is NC(c1nc2cc(Br)ccc2o1)C1CCCCC1. The molecule has 96 valence electrons. The van der Waals surface area contributed by atoms with Crippen LogP contribution in [0.15, 0.2) is 27.1 Å². The summed E-state index contributed by atoms with van der Waals surface area (Å²) >= 11 is 3.44. The number of nitrogens with zero attached hydrogens (tertiary/aromatic N) is 1. The fourth-order valence-electron chi connectivity index (χ4n) is 2.76. The zero-order valence-corrected chi connectivity index (χ0v) is 11.8. The second kappa shape index (κ2) is 5.02. The summed E-state index contributed by atoms with van der Waals surface area (Å²) in [5, 5.41) is 0. The molecule has 1 aliphatic carbocycles. The van der Waals surface area contributed by atoms with Crippen LogP contribution in [0.25, 0.3) is 11.1 Å². The molecule has 3 nitrogen and oxygen atoms in total. The number of rotatable bonds is 2. The number of fused-ring (bicyclic) bond motifs is 1. The third-order valence-corrected chi connectivity index (χ3v) is 4.30. The Hall–Kier alpha value is -0.870. The Balaban J connectivity index is 1.88. The van der Waals surface area contributed by atoms with Crippen molar-refractivity contribution in [1.82, 2.24) is 4.98 Å². The molecule has 1 saturated carbocycles. The Labute approximate surface area is 115 Å². The first kappa shape index (κ1) is 12.2. The molecule has 2 aromatic rings. The molecule has 2 N–H and O–H groups in total. The van der Waals surface area contributed by atoms with Crippen molar-refractivity contribution >= 4 is 27.0 Å². The van der Waals surface area contributed by atoms with Crippen LogP contribution in [0.3, 0.4) is 0 Å². The number of benzene rings is 1. The van der Waals surface area contributed by atoms with E-state index in [9.17, 15) is 0 Å². The summed E-state index contributed by atoms with van der Waals surface area (Å²) in [5.41, 5.74) is 8.00. The largest absolute Gasteiger partial charge is 0.439 e. The van der Waals surface area contributed by atoms with Gasteiger partial charge >= 0.3 is 0 Å². The third kappa shape index (κ3) is 2.31. The van der Waals surface area contributed by atoms with Crippen molar-refractivity contribution in [2.75, 3.05) is 0 Å². The molecule has 0 aliphatic heterocycles. The minimum absolute atomic E-state index is 0.0588. The van der Waals surface area contributed by atoms with Crippen LogP contribution in [0, 0.1) is 5.92 Å². The molecule has 0 spiro atoms. The molecule has 18 heavy (non-hydrogen) atoms. The zero-order chi connectivity index (χ0) is 12.5. The Bertz CT molecular complexity index is 546. The number of halogens is 1. The molecular formula is C14H17BrN2O. The van der Waals surface area contributed by atoms with Gasteiger partial charge < -0.3 is 10.2 Å². The van der Waals surface area contributed by atoms with Crippen molar-refractivity contribution in [1.29, 1.82) is 0 Å². The molecule has 3 rings (SSSR count). The summed E-state index contributed by atoms with van der Waals surface area (Å²) in [6.07, 6.45) is 6.30. The van der Waals surface area contributed by atoms with E-state index in [1.807, 2.05) is 18.2 Å². The van der Waals surface area contributed by atoms with Gasteiger partial charge in [-0.15, -0.1) is 0 Å². The molecular weight excluding hydrogens is 292 g/mol. The van der Waals surface area contributed by atoms with Crippen molar-refractivity contribution < 1.29 is 4.42 Å². The predicted octanol–water partition coefficient (Wildman–Crippen LogP) is 4.17. The number of nitrogens with two attached hydrogens (primary N) is 1. The molecule has 0 saturated heterocycles. The highest BCUT2D eigenvalue weighted by Crippen LogP contribution is 2.33. The van der Waals surface area contributed by atoms with Crippen LogP contribution < -0.4 is 5.73 Å². The quantitative estimate of drug-likeness (QED) is 0.906. The van der Waals surface area contributed by atoms with Gasteiger partial charge in [0, 0.05) is 4.47 Å². The third-order valence-electron chi connectivity index (χ3n) is 3.81. The molecule has 0 radical (unpaired) electrons. The van der Waals surface area contributed by atoms with Crippen molar-refractivity contribution in [3.05, 3.63) is 28.6 Å². The first-order valence-corrected chi connectivity index (χ1v) is 7.35. The van der Waals surface area contributed by atoms with E-state index in [1.54, 1.807) is 0 Å². The van der Waals surface area contributed by atoms with Crippen LogP contribution in [-0.2, 0) is 0 Å². The van der Waals surface area contributed by atoms with Crippen LogP contribution in [0.2, 0.25) is 0 Å². The molecule has 1 aliphatic rings. The fourth-order valence-corrected chi connectivity index (χ4v) is 3.10. The van der Waals surface area contributed by atoms with E-state index in [2.05, 4.69) is 20.9 Å². The maximum absolute atomic E-state index is 6.30. The highest BCUT2D eigenvalue weighted by atomic mass is 79.9. The van der Waals surface area contributed by atoms with Crippen LogP contribution in [-0.4, -0.2) is 4.98 Å². The molecule has 1 heterocycles. The molecule has 1 aromatic heterocycles. The van der Waals surface area contributed by atoms with E-state index in [0.29, 0.717) is 11.8 Å². The molecule has 1 unspecified atom stereocenters. The van der Waals surface area contributed by atoms with Crippen LogP contribution in [0.5, 0.6) is 0 Å². The first-order valence-electron chi connectivity index (χ1n) is 6.55. The molecule has 1 aromatic carbocycles. The van der Waals surface area contributed by atoms with Gasteiger partial charge in [0.1, 0.15) is 5.52 Å². The lowest BCUT2D eigenvalue weighted by atomic mass is 9.84. The minimum atomic E-state index is -0.0588. The van der Waals surface area contributed by atoms with E-state index in [0.717, 1.165) is 15.6 Å². The molecule has 1 atom stereocenters. The van der Waals surface area contributed by atoms with E-state index >= 15 is 0 Å². The van der Waals surface area contributed by atoms with Crippen LogP contribution in [0.1, 0.15) is 44.0 Å². The lowest BCUT2D eigenvalue weighted by molar-refractivity contribution is 0.278. The van der Waals surface area contributed by atoms with Crippen molar-refractivity contribution in [2.24, 2.45) is 11.7 Å². The van der Waals surface area contributed by atoms with Gasteiger partial charge in [-0.05, 0) is 37.0 Å². The highest BCUT2D eigenvalue weighted by Gasteiger charge is 2.25. The van der Waals surface area contributed by atoms with Crippen molar-refractivity contribution in [3.8, 4) is 0 Å². The van der Waals surface area contributed by atoms with Gasteiger partial charge in [0.2, 0.25) is 5.89 Å². The number of hydrogen-bond donors (Lipinski definition) is 1. The summed E-state index contributed by atoms with van der Waals surface area (Å²) in [7, 11) is 0. The van der Waals surface area contributed by atoms with Crippen LogP contribution >= 0.6 is 15.9 Å². The Morgan fingerprint density at radius 3 is 2.83 bits per heavy atom.